The lowest BCUT2D eigenvalue weighted by molar-refractivity contribution is 0.0682. The Morgan fingerprint density at radius 1 is 1.50 bits per heavy atom. The first-order chi connectivity index (χ1) is 5.85. The van der Waals surface area contributed by atoms with E-state index in [9.17, 15) is 5.11 Å². The van der Waals surface area contributed by atoms with E-state index in [2.05, 4.69) is 11.4 Å². The zero-order valence-corrected chi connectivity index (χ0v) is 7.47. The molecule has 0 spiro atoms. The molecule has 0 aromatic heterocycles. The van der Waals surface area contributed by atoms with E-state index >= 15 is 0 Å². The fourth-order valence-electron chi connectivity index (χ4n) is 2.15. The van der Waals surface area contributed by atoms with Crippen molar-refractivity contribution >= 4 is 0 Å². The van der Waals surface area contributed by atoms with E-state index in [4.69, 9.17) is 0 Å². The van der Waals surface area contributed by atoms with Crippen LogP contribution in [0.4, 0.5) is 0 Å². The topological polar surface area (TPSA) is 32.3 Å². The number of aliphatic hydroxyl groups is 1. The predicted octanol–water partition coefficient (Wildman–Crippen LogP) is 1.07. The van der Waals surface area contributed by atoms with Gasteiger partial charge in [0, 0.05) is 18.5 Å². The summed E-state index contributed by atoms with van der Waals surface area (Å²) in [4.78, 5) is 0. The van der Waals surface area contributed by atoms with Crippen LogP contribution in [-0.4, -0.2) is 24.8 Å². The molecule has 12 heavy (non-hydrogen) atoms. The van der Waals surface area contributed by atoms with E-state index in [1.807, 2.05) is 0 Å². The van der Waals surface area contributed by atoms with Gasteiger partial charge in [0.15, 0.2) is 0 Å². The van der Waals surface area contributed by atoms with E-state index in [0.717, 1.165) is 19.5 Å². The average molecular weight is 167 g/mol. The molecular formula is C10H17NO. The number of hydrogen-bond acceptors (Lipinski definition) is 2. The molecule has 1 heterocycles. The van der Waals surface area contributed by atoms with Gasteiger partial charge in [-0.2, -0.15) is 0 Å². The normalized spacial score (nSPS) is 26.6. The van der Waals surface area contributed by atoms with Crippen molar-refractivity contribution in [1.29, 1.82) is 0 Å². The first-order valence-electron chi connectivity index (χ1n) is 4.84. The van der Waals surface area contributed by atoms with E-state index in [1.54, 1.807) is 5.57 Å². The van der Waals surface area contributed by atoms with Crippen molar-refractivity contribution in [2.45, 2.75) is 25.7 Å². The van der Waals surface area contributed by atoms with Crippen LogP contribution in [0.1, 0.15) is 25.7 Å². The summed E-state index contributed by atoms with van der Waals surface area (Å²) in [5.41, 5.74) is 1.78. The SMILES string of the molecule is OCC1(CC2=CCCC2)CNC1. The zero-order chi connectivity index (χ0) is 8.44. The molecule has 1 aliphatic heterocycles. The molecule has 0 amide bonds. The van der Waals surface area contributed by atoms with E-state index in [1.165, 1.54) is 19.3 Å². The molecule has 0 unspecified atom stereocenters. The Morgan fingerprint density at radius 3 is 2.75 bits per heavy atom. The van der Waals surface area contributed by atoms with Gasteiger partial charge >= 0.3 is 0 Å². The minimum Gasteiger partial charge on any atom is -0.396 e. The van der Waals surface area contributed by atoms with Gasteiger partial charge in [-0.1, -0.05) is 11.6 Å². The minimum atomic E-state index is 0.205. The molecule has 0 radical (unpaired) electrons. The molecule has 0 atom stereocenters. The molecule has 0 aromatic rings. The fraction of sp³-hybridized carbons (Fsp3) is 0.800. The van der Waals surface area contributed by atoms with E-state index < -0.39 is 0 Å². The summed E-state index contributed by atoms with van der Waals surface area (Å²) in [7, 11) is 0. The van der Waals surface area contributed by atoms with Crippen molar-refractivity contribution in [3.8, 4) is 0 Å². The standard InChI is InChI=1S/C10H17NO/c12-8-10(6-11-7-10)5-9-3-1-2-4-9/h3,11-12H,1-2,4-8H2. The van der Waals surface area contributed by atoms with Gasteiger partial charge in [-0.15, -0.1) is 0 Å². The maximum absolute atomic E-state index is 9.23. The largest absolute Gasteiger partial charge is 0.396 e. The summed E-state index contributed by atoms with van der Waals surface area (Å²) in [6, 6.07) is 0. The van der Waals surface area contributed by atoms with Crippen molar-refractivity contribution in [2.75, 3.05) is 19.7 Å². The van der Waals surface area contributed by atoms with Crippen LogP contribution in [0.15, 0.2) is 11.6 Å². The first kappa shape index (κ1) is 8.27. The van der Waals surface area contributed by atoms with Gasteiger partial charge in [0.25, 0.3) is 0 Å². The van der Waals surface area contributed by atoms with Gasteiger partial charge in [-0.3, -0.25) is 0 Å². The number of allylic oxidation sites excluding steroid dienone is 2. The van der Waals surface area contributed by atoms with Gasteiger partial charge in [0.1, 0.15) is 0 Å². The Labute approximate surface area is 73.7 Å². The van der Waals surface area contributed by atoms with Crippen molar-refractivity contribution < 1.29 is 5.11 Å². The van der Waals surface area contributed by atoms with Crippen LogP contribution in [0.25, 0.3) is 0 Å². The molecule has 2 heteroatoms. The van der Waals surface area contributed by atoms with Gasteiger partial charge in [-0.05, 0) is 25.7 Å². The van der Waals surface area contributed by atoms with Gasteiger partial charge < -0.3 is 10.4 Å². The summed E-state index contributed by atoms with van der Waals surface area (Å²) in [5, 5.41) is 12.5. The quantitative estimate of drug-likeness (QED) is 0.616. The Morgan fingerprint density at radius 2 is 2.33 bits per heavy atom. The lowest BCUT2D eigenvalue weighted by Gasteiger charge is -2.41. The van der Waals surface area contributed by atoms with Crippen molar-refractivity contribution in [1.82, 2.24) is 5.32 Å². The van der Waals surface area contributed by atoms with Crippen LogP contribution in [0.5, 0.6) is 0 Å². The summed E-state index contributed by atoms with van der Waals surface area (Å²) < 4.78 is 0. The third-order valence-electron chi connectivity index (χ3n) is 3.07. The zero-order valence-electron chi connectivity index (χ0n) is 7.47. The molecule has 2 aliphatic rings. The molecule has 2 nitrogen and oxygen atoms in total. The van der Waals surface area contributed by atoms with Crippen LogP contribution in [0.2, 0.25) is 0 Å². The number of nitrogens with one attached hydrogen (secondary N) is 1. The van der Waals surface area contributed by atoms with Crippen LogP contribution in [-0.2, 0) is 0 Å². The Balaban J connectivity index is 1.91. The second kappa shape index (κ2) is 3.19. The van der Waals surface area contributed by atoms with Crippen LogP contribution >= 0.6 is 0 Å². The molecule has 2 N–H and O–H groups in total. The predicted molar refractivity (Wildman–Crippen MR) is 48.9 cm³/mol. The van der Waals surface area contributed by atoms with Crippen molar-refractivity contribution in [2.24, 2.45) is 5.41 Å². The van der Waals surface area contributed by atoms with Crippen LogP contribution in [0, 0.1) is 5.41 Å². The maximum atomic E-state index is 9.23. The second-order valence-electron chi connectivity index (χ2n) is 4.19. The lowest BCUT2D eigenvalue weighted by Crippen LogP contribution is -2.55. The number of rotatable bonds is 3. The molecule has 0 bridgehead atoms. The summed E-state index contributed by atoms with van der Waals surface area (Å²) in [6.07, 6.45) is 7.32. The van der Waals surface area contributed by atoms with Gasteiger partial charge in [-0.25, -0.2) is 0 Å². The van der Waals surface area contributed by atoms with Gasteiger partial charge in [0.05, 0.1) is 6.61 Å². The van der Waals surface area contributed by atoms with Crippen molar-refractivity contribution in [3.05, 3.63) is 11.6 Å². The highest BCUT2D eigenvalue weighted by Crippen LogP contribution is 2.34. The van der Waals surface area contributed by atoms with Crippen molar-refractivity contribution in [3.63, 3.8) is 0 Å². The summed E-state index contributed by atoms with van der Waals surface area (Å²) in [6.45, 7) is 2.35. The highest BCUT2D eigenvalue weighted by atomic mass is 16.3. The van der Waals surface area contributed by atoms with E-state index in [0.29, 0.717) is 6.61 Å². The van der Waals surface area contributed by atoms with E-state index in [-0.39, 0.29) is 5.41 Å². The average Bonchev–Trinajstić information content (AvgIpc) is 2.49. The van der Waals surface area contributed by atoms with Crippen LogP contribution in [0.3, 0.4) is 0 Å². The highest BCUT2D eigenvalue weighted by molar-refractivity contribution is 5.13. The third kappa shape index (κ3) is 1.41. The number of hydrogen-bond donors (Lipinski definition) is 2. The monoisotopic (exact) mass is 167 g/mol. The third-order valence-corrected chi connectivity index (χ3v) is 3.07. The highest BCUT2D eigenvalue weighted by Gasteiger charge is 2.36. The Hall–Kier alpha value is -0.340. The molecule has 2 rings (SSSR count). The summed E-state index contributed by atoms with van der Waals surface area (Å²) >= 11 is 0. The molecule has 68 valence electrons. The molecule has 1 aliphatic carbocycles. The second-order valence-corrected chi connectivity index (χ2v) is 4.19. The Bertz CT molecular complexity index is 189. The fourth-order valence-corrected chi connectivity index (χ4v) is 2.15. The van der Waals surface area contributed by atoms with Gasteiger partial charge in [0.2, 0.25) is 0 Å². The number of aliphatic hydroxyl groups excluding tert-OH is 1. The Kier molecular flexibility index (Phi) is 2.20. The minimum absolute atomic E-state index is 0.205. The summed E-state index contributed by atoms with van der Waals surface area (Å²) in [5.74, 6) is 0. The smallest absolute Gasteiger partial charge is 0.0514 e. The maximum Gasteiger partial charge on any atom is 0.0514 e. The molecule has 1 saturated heterocycles. The molecule has 0 aromatic carbocycles. The lowest BCUT2D eigenvalue weighted by atomic mass is 9.77. The molecular weight excluding hydrogens is 150 g/mol. The van der Waals surface area contributed by atoms with Crippen LogP contribution < -0.4 is 5.32 Å². The molecule has 1 fully saturated rings. The first-order valence-corrected chi connectivity index (χ1v) is 4.84. The molecule has 0 saturated carbocycles.